The summed E-state index contributed by atoms with van der Waals surface area (Å²) in [5.41, 5.74) is 0.971. The molecule has 0 aromatic heterocycles. The van der Waals surface area contributed by atoms with Gasteiger partial charge in [-0.2, -0.15) is 10.2 Å². The summed E-state index contributed by atoms with van der Waals surface area (Å²) in [6.45, 7) is 2.99. The largest absolute Gasteiger partial charge is 0.356 e. The summed E-state index contributed by atoms with van der Waals surface area (Å²) in [6.07, 6.45) is 11.3. The summed E-state index contributed by atoms with van der Waals surface area (Å²) in [4.78, 5) is 14.7. The van der Waals surface area contributed by atoms with Gasteiger partial charge in [0, 0.05) is 38.3 Å². The first-order valence-electron chi connectivity index (χ1n) is 9.66. The lowest BCUT2D eigenvalue weighted by Gasteiger charge is -2.28. The third kappa shape index (κ3) is 5.15. The molecule has 26 heavy (non-hydrogen) atoms. The topological polar surface area (TPSA) is 57.1 Å². The number of amides is 1. The van der Waals surface area contributed by atoms with Gasteiger partial charge in [-0.15, -0.1) is 12.3 Å². The van der Waals surface area contributed by atoms with E-state index in [0.29, 0.717) is 31.8 Å². The first kappa shape index (κ1) is 18.6. The van der Waals surface area contributed by atoms with Crippen LogP contribution in [-0.2, 0) is 4.79 Å². The average Bonchev–Trinajstić information content (AvgIpc) is 3.24. The molecule has 0 radical (unpaired) electrons. The molecular formula is C21H28N4O. The second kappa shape index (κ2) is 8.95. The standard InChI is InChI=1S/C21H28N4O/c1-2-3-13-21(23-24-21)14-11-20(26)22-15-12-19(25-16-7-8-17-25)18-9-5-4-6-10-18/h1,4-6,9-10,19H,3,7-8,11-17H2,(H,22,26). The molecule has 3 rings (SSSR count). The van der Waals surface area contributed by atoms with Crippen molar-refractivity contribution in [2.24, 2.45) is 10.2 Å². The summed E-state index contributed by atoms with van der Waals surface area (Å²) < 4.78 is 0. The molecule has 2 aliphatic rings. The highest BCUT2D eigenvalue weighted by molar-refractivity contribution is 5.75. The van der Waals surface area contributed by atoms with Gasteiger partial charge in [0.1, 0.15) is 0 Å². The number of nitrogens with zero attached hydrogens (tertiary/aromatic N) is 3. The Morgan fingerprint density at radius 3 is 2.62 bits per heavy atom. The molecule has 2 heterocycles. The number of nitrogens with one attached hydrogen (secondary N) is 1. The van der Waals surface area contributed by atoms with E-state index in [4.69, 9.17) is 6.42 Å². The van der Waals surface area contributed by atoms with Crippen molar-refractivity contribution < 1.29 is 4.79 Å². The molecule has 1 aromatic carbocycles. The maximum absolute atomic E-state index is 12.2. The third-order valence-corrected chi connectivity index (χ3v) is 5.31. The number of rotatable bonds is 10. The Morgan fingerprint density at radius 2 is 1.96 bits per heavy atom. The van der Waals surface area contributed by atoms with Crippen LogP contribution < -0.4 is 5.32 Å². The van der Waals surface area contributed by atoms with Crippen LogP contribution in [0.2, 0.25) is 0 Å². The zero-order chi connectivity index (χ0) is 18.2. The van der Waals surface area contributed by atoms with Crippen molar-refractivity contribution >= 4 is 5.91 Å². The lowest BCUT2D eigenvalue weighted by Crippen LogP contribution is -2.31. The van der Waals surface area contributed by atoms with E-state index < -0.39 is 0 Å². The lowest BCUT2D eigenvalue weighted by atomic mass is 10.0. The van der Waals surface area contributed by atoms with Gasteiger partial charge in [-0.3, -0.25) is 9.69 Å². The minimum atomic E-state index is -0.369. The molecule has 138 valence electrons. The quantitative estimate of drug-likeness (QED) is 0.653. The fraction of sp³-hybridized carbons (Fsp3) is 0.571. The van der Waals surface area contributed by atoms with Crippen molar-refractivity contribution in [1.29, 1.82) is 0 Å². The van der Waals surface area contributed by atoms with Crippen molar-refractivity contribution in [3.05, 3.63) is 35.9 Å². The molecule has 1 unspecified atom stereocenters. The highest BCUT2D eigenvalue weighted by Crippen LogP contribution is 2.37. The van der Waals surface area contributed by atoms with Crippen molar-refractivity contribution in [2.75, 3.05) is 19.6 Å². The van der Waals surface area contributed by atoms with Crippen molar-refractivity contribution in [3.63, 3.8) is 0 Å². The van der Waals surface area contributed by atoms with Gasteiger partial charge in [-0.05, 0) is 37.9 Å². The van der Waals surface area contributed by atoms with Crippen LogP contribution >= 0.6 is 0 Å². The fourth-order valence-electron chi connectivity index (χ4n) is 3.71. The number of likely N-dealkylation sites (tertiary alicyclic amines) is 1. The Kier molecular flexibility index (Phi) is 6.40. The van der Waals surface area contributed by atoms with E-state index in [2.05, 4.69) is 56.7 Å². The third-order valence-electron chi connectivity index (χ3n) is 5.31. The number of carbonyl (C=O) groups excluding carboxylic acids is 1. The Hall–Kier alpha value is -2.19. The van der Waals surface area contributed by atoms with E-state index in [1.807, 2.05) is 0 Å². The van der Waals surface area contributed by atoms with Crippen LogP contribution in [0.3, 0.4) is 0 Å². The molecule has 1 atom stereocenters. The second-order valence-corrected chi connectivity index (χ2v) is 7.19. The molecule has 0 spiro atoms. The maximum atomic E-state index is 12.2. The predicted molar refractivity (Wildman–Crippen MR) is 103 cm³/mol. The first-order chi connectivity index (χ1) is 12.7. The van der Waals surface area contributed by atoms with Gasteiger partial charge in [0.15, 0.2) is 5.66 Å². The normalized spacial score (nSPS) is 19.0. The Bertz CT molecular complexity index is 652. The highest BCUT2D eigenvalue weighted by Gasteiger charge is 2.39. The molecule has 0 aliphatic carbocycles. The van der Waals surface area contributed by atoms with Crippen molar-refractivity contribution in [2.45, 2.75) is 56.7 Å². The maximum Gasteiger partial charge on any atom is 0.220 e. The van der Waals surface area contributed by atoms with Crippen molar-refractivity contribution in [1.82, 2.24) is 10.2 Å². The summed E-state index contributed by atoms with van der Waals surface area (Å²) in [5.74, 6) is 2.69. The Morgan fingerprint density at radius 1 is 1.23 bits per heavy atom. The molecule has 1 fully saturated rings. The van der Waals surface area contributed by atoms with Crippen LogP contribution in [0, 0.1) is 12.3 Å². The summed E-state index contributed by atoms with van der Waals surface area (Å²) in [6, 6.07) is 11.0. The predicted octanol–water partition coefficient (Wildman–Crippen LogP) is 3.69. The van der Waals surface area contributed by atoms with Crippen LogP contribution in [0.15, 0.2) is 40.6 Å². The molecule has 1 amide bonds. The highest BCUT2D eigenvalue weighted by atomic mass is 16.1. The zero-order valence-corrected chi connectivity index (χ0v) is 15.4. The molecule has 0 saturated carbocycles. The van der Waals surface area contributed by atoms with Crippen LogP contribution in [0.5, 0.6) is 0 Å². The van der Waals surface area contributed by atoms with Gasteiger partial charge < -0.3 is 5.32 Å². The van der Waals surface area contributed by atoms with Gasteiger partial charge in [-0.25, -0.2) is 0 Å². The molecule has 5 nitrogen and oxygen atoms in total. The summed E-state index contributed by atoms with van der Waals surface area (Å²) >= 11 is 0. The molecular weight excluding hydrogens is 324 g/mol. The molecule has 1 N–H and O–H groups in total. The number of hydrogen-bond donors (Lipinski definition) is 1. The van der Waals surface area contributed by atoms with Gasteiger partial charge in [0.25, 0.3) is 0 Å². The van der Waals surface area contributed by atoms with Crippen molar-refractivity contribution in [3.8, 4) is 12.3 Å². The molecule has 0 bridgehead atoms. The summed E-state index contributed by atoms with van der Waals surface area (Å²) in [7, 11) is 0. The van der Waals surface area contributed by atoms with Crippen LogP contribution in [-0.4, -0.2) is 36.1 Å². The SMILES string of the molecule is C#CCCC1(CCC(=O)NCCC(c2ccccc2)N2CCCC2)N=N1. The smallest absolute Gasteiger partial charge is 0.220 e. The molecule has 5 heteroatoms. The zero-order valence-electron chi connectivity index (χ0n) is 15.4. The van der Waals surface area contributed by atoms with Crippen LogP contribution in [0.4, 0.5) is 0 Å². The van der Waals surface area contributed by atoms with E-state index in [1.165, 1.54) is 18.4 Å². The number of benzene rings is 1. The van der Waals surface area contributed by atoms with Crippen LogP contribution in [0.25, 0.3) is 0 Å². The Labute approximate surface area is 156 Å². The minimum Gasteiger partial charge on any atom is -0.356 e. The first-order valence-corrected chi connectivity index (χ1v) is 9.66. The van der Waals surface area contributed by atoms with E-state index in [9.17, 15) is 4.79 Å². The average molecular weight is 352 g/mol. The van der Waals surface area contributed by atoms with Gasteiger partial charge in [-0.1, -0.05) is 30.3 Å². The fourth-order valence-corrected chi connectivity index (χ4v) is 3.71. The van der Waals surface area contributed by atoms with E-state index in [-0.39, 0.29) is 11.6 Å². The second-order valence-electron chi connectivity index (χ2n) is 7.19. The number of terminal acetylenes is 1. The van der Waals surface area contributed by atoms with E-state index in [0.717, 1.165) is 25.9 Å². The molecule has 1 saturated heterocycles. The number of hydrogen-bond acceptors (Lipinski definition) is 4. The number of carbonyl (C=O) groups is 1. The minimum absolute atomic E-state index is 0.0793. The Balaban J connectivity index is 1.43. The monoisotopic (exact) mass is 352 g/mol. The summed E-state index contributed by atoms with van der Waals surface area (Å²) in [5, 5.41) is 11.2. The van der Waals surface area contributed by atoms with Crippen LogP contribution in [0.1, 0.15) is 56.6 Å². The van der Waals surface area contributed by atoms with Gasteiger partial charge >= 0.3 is 0 Å². The lowest BCUT2D eigenvalue weighted by molar-refractivity contribution is -0.121. The van der Waals surface area contributed by atoms with Gasteiger partial charge in [0.05, 0.1) is 0 Å². The van der Waals surface area contributed by atoms with E-state index in [1.54, 1.807) is 0 Å². The van der Waals surface area contributed by atoms with Gasteiger partial charge in [0.2, 0.25) is 5.91 Å². The van der Waals surface area contributed by atoms with E-state index >= 15 is 0 Å². The molecule has 1 aromatic rings. The molecule has 2 aliphatic heterocycles.